The molecule has 3 heteroatoms. The number of fused-ring (bicyclic) bond motifs is 2. The average molecular weight is 573 g/mol. The third kappa shape index (κ3) is 4.78. The standard InChI is InChI=1S/C41H32O3/c1-28-16-20-32(21-17-28)41(42,31-12-4-3-5-13-31)33-22-24-34(25-23-33)44-38-27-19-30-11-7-9-15-36(30)40(38)39-35-14-8-6-10-29(35)18-26-37(39)43-2/h3-27,42H,1-2H3. The highest BCUT2D eigenvalue weighted by atomic mass is 16.5. The van der Waals surface area contributed by atoms with Crippen LogP contribution in [0.1, 0.15) is 22.3 Å². The minimum absolute atomic E-state index is 0.670. The smallest absolute Gasteiger partial charge is 0.140 e. The summed E-state index contributed by atoms with van der Waals surface area (Å²) in [5.41, 5.74) is 4.15. The summed E-state index contributed by atoms with van der Waals surface area (Å²) >= 11 is 0. The Morgan fingerprint density at radius 1 is 0.477 bits per heavy atom. The van der Waals surface area contributed by atoms with Gasteiger partial charge in [-0.3, -0.25) is 0 Å². The lowest BCUT2D eigenvalue weighted by atomic mass is 9.80. The van der Waals surface area contributed by atoms with Crippen LogP contribution >= 0.6 is 0 Å². The molecule has 0 aromatic heterocycles. The summed E-state index contributed by atoms with van der Waals surface area (Å²) in [6, 6.07) is 50.5. The number of aryl methyl sites for hydroxylation is 1. The van der Waals surface area contributed by atoms with Gasteiger partial charge in [0.1, 0.15) is 22.8 Å². The second-order valence-electron chi connectivity index (χ2n) is 11.1. The number of ether oxygens (including phenoxy) is 2. The summed E-state index contributed by atoms with van der Waals surface area (Å²) in [6.07, 6.45) is 0. The lowest BCUT2D eigenvalue weighted by molar-refractivity contribution is 0.125. The average Bonchev–Trinajstić information content (AvgIpc) is 3.08. The summed E-state index contributed by atoms with van der Waals surface area (Å²) in [7, 11) is 1.71. The fraction of sp³-hybridized carbons (Fsp3) is 0.0732. The van der Waals surface area contributed by atoms with Crippen LogP contribution < -0.4 is 9.47 Å². The van der Waals surface area contributed by atoms with E-state index in [1.54, 1.807) is 7.11 Å². The van der Waals surface area contributed by atoms with E-state index >= 15 is 0 Å². The van der Waals surface area contributed by atoms with E-state index in [1.165, 1.54) is 0 Å². The molecule has 0 amide bonds. The van der Waals surface area contributed by atoms with Gasteiger partial charge in [-0.1, -0.05) is 133 Å². The summed E-state index contributed by atoms with van der Waals surface area (Å²) in [5, 5.41) is 16.7. The molecule has 1 N–H and O–H groups in total. The first-order valence-electron chi connectivity index (χ1n) is 14.8. The maximum atomic E-state index is 12.3. The van der Waals surface area contributed by atoms with Crippen LogP contribution in [-0.4, -0.2) is 12.2 Å². The molecule has 0 saturated carbocycles. The van der Waals surface area contributed by atoms with E-state index in [-0.39, 0.29) is 0 Å². The fourth-order valence-corrected chi connectivity index (χ4v) is 6.14. The maximum absolute atomic E-state index is 12.3. The number of hydrogen-bond acceptors (Lipinski definition) is 3. The van der Waals surface area contributed by atoms with Crippen molar-refractivity contribution in [3.63, 3.8) is 0 Å². The van der Waals surface area contributed by atoms with Crippen molar-refractivity contribution >= 4 is 21.5 Å². The summed E-state index contributed by atoms with van der Waals surface area (Å²) in [6.45, 7) is 2.05. The Balaban J connectivity index is 1.35. The molecule has 0 heterocycles. The van der Waals surface area contributed by atoms with Gasteiger partial charge in [0.25, 0.3) is 0 Å². The molecule has 0 aliphatic heterocycles. The van der Waals surface area contributed by atoms with Gasteiger partial charge in [-0.25, -0.2) is 0 Å². The Labute approximate surface area is 257 Å². The second-order valence-corrected chi connectivity index (χ2v) is 11.1. The summed E-state index contributed by atoms with van der Waals surface area (Å²) < 4.78 is 12.6. The third-order valence-electron chi connectivity index (χ3n) is 8.41. The van der Waals surface area contributed by atoms with E-state index < -0.39 is 5.60 Å². The SMILES string of the molecule is COc1ccc2ccccc2c1-c1c(Oc2ccc(C(O)(c3ccccc3)c3ccc(C)cc3)cc2)ccc2ccccc12. The first kappa shape index (κ1) is 27.5. The van der Waals surface area contributed by atoms with Crippen LogP contribution in [0.2, 0.25) is 0 Å². The molecule has 214 valence electrons. The molecule has 7 aromatic rings. The van der Waals surface area contributed by atoms with Crippen molar-refractivity contribution in [2.24, 2.45) is 0 Å². The van der Waals surface area contributed by atoms with Gasteiger partial charge in [0.15, 0.2) is 0 Å². The molecule has 0 spiro atoms. The van der Waals surface area contributed by atoms with E-state index in [1.807, 2.05) is 110 Å². The number of aliphatic hydroxyl groups is 1. The van der Waals surface area contributed by atoms with Crippen molar-refractivity contribution in [1.82, 2.24) is 0 Å². The van der Waals surface area contributed by atoms with Crippen LogP contribution in [0.3, 0.4) is 0 Å². The van der Waals surface area contributed by atoms with Gasteiger partial charge in [-0.2, -0.15) is 0 Å². The molecule has 44 heavy (non-hydrogen) atoms. The molecule has 0 aliphatic carbocycles. The molecule has 3 nitrogen and oxygen atoms in total. The first-order chi connectivity index (χ1) is 21.6. The van der Waals surface area contributed by atoms with Gasteiger partial charge in [0, 0.05) is 11.1 Å². The first-order valence-corrected chi connectivity index (χ1v) is 14.8. The molecule has 0 bridgehead atoms. The highest BCUT2D eigenvalue weighted by molar-refractivity contribution is 6.09. The molecule has 0 radical (unpaired) electrons. The predicted molar refractivity (Wildman–Crippen MR) is 180 cm³/mol. The molecule has 0 saturated heterocycles. The molecule has 1 atom stereocenters. The number of rotatable bonds is 7. The quantitative estimate of drug-likeness (QED) is 0.193. The summed E-state index contributed by atoms with van der Waals surface area (Å²) in [5.74, 6) is 2.18. The highest BCUT2D eigenvalue weighted by Crippen LogP contribution is 2.47. The molecule has 7 rings (SSSR count). The molecule has 7 aromatic carbocycles. The maximum Gasteiger partial charge on any atom is 0.140 e. The Morgan fingerprint density at radius 2 is 0.955 bits per heavy atom. The number of methoxy groups -OCH3 is 1. The van der Waals surface area contributed by atoms with Gasteiger partial charge in [-0.15, -0.1) is 0 Å². The van der Waals surface area contributed by atoms with Crippen LogP contribution in [0.4, 0.5) is 0 Å². The van der Waals surface area contributed by atoms with Crippen molar-refractivity contribution in [2.75, 3.05) is 7.11 Å². The fourth-order valence-electron chi connectivity index (χ4n) is 6.14. The van der Waals surface area contributed by atoms with E-state index in [4.69, 9.17) is 9.47 Å². The summed E-state index contributed by atoms with van der Waals surface area (Å²) in [4.78, 5) is 0. The van der Waals surface area contributed by atoms with E-state index in [9.17, 15) is 5.11 Å². The van der Waals surface area contributed by atoms with Gasteiger partial charge in [0.05, 0.1) is 7.11 Å². The van der Waals surface area contributed by atoms with E-state index in [2.05, 4.69) is 48.5 Å². The van der Waals surface area contributed by atoms with Crippen LogP contribution in [0.15, 0.2) is 152 Å². The number of hydrogen-bond donors (Lipinski definition) is 1. The lowest BCUT2D eigenvalue weighted by Crippen LogP contribution is -2.28. The zero-order chi connectivity index (χ0) is 30.1. The Kier molecular flexibility index (Phi) is 7.09. The minimum Gasteiger partial charge on any atom is -0.496 e. The van der Waals surface area contributed by atoms with E-state index in [0.29, 0.717) is 5.75 Å². The van der Waals surface area contributed by atoms with Crippen molar-refractivity contribution in [1.29, 1.82) is 0 Å². The van der Waals surface area contributed by atoms with Crippen molar-refractivity contribution in [2.45, 2.75) is 12.5 Å². The van der Waals surface area contributed by atoms with Crippen molar-refractivity contribution < 1.29 is 14.6 Å². The highest BCUT2D eigenvalue weighted by Gasteiger charge is 2.33. The zero-order valence-electron chi connectivity index (χ0n) is 24.7. The van der Waals surface area contributed by atoms with Gasteiger partial charge < -0.3 is 14.6 Å². The largest absolute Gasteiger partial charge is 0.496 e. The number of benzene rings is 7. The molecular weight excluding hydrogens is 540 g/mol. The van der Waals surface area contributed by atoms with Crippen LogP contribution in [0, 0.1) is 6.92 Å². The Morgan fingerprint density at radius 3 is 1.55 bits per heavy atom. The normalized spacial score (nSPS) is 12.6. The van der Waals surface area contributed by atoms with Crippen molar-refractivity contribution in [3.05, 3.63) is 174 Å². The molecular formula is C41H32O3. The Bertz CT molecular complexity index is 2080. The van der Waals surface area contributed by atoms with Crippen LogP contribution in [0.25, 0.3) is 32.7 Å². The molecule has 0 aliphatic rings. The molecule has 0 fully saturated rings. The Hall–Kier alpha value is -5.38. The van der Waals surface area contributed by atoms with Crippen molar-refractivity contribution in [3.8, 4) is 28.4 Å². The minimum atomic E-state index is -1.32. The lowest BCUT2D eigenvalue weighted by Gasteiger charge is -2.30. The monoisotopic (exact) mass is 572 g/mol. The molecule has 1 unspecified atom stereocenters. The van der Waals surface area contributed by atoms with E-state index in [0.717, 1.165) is 66.4 Å². The topological polar surface area (TPSA) is 38.7 Å². The predicted octanol–water partition coefficient (Wildman–Crippen LogP) is 10.1. The van der Waals surface area contributed by atoms with Gasteiger partial charge in [-0.05, 0) is 69.4 Å². The van der Waals surface area contributed by atoms with Crippen LogP contribution in [-0.2, 0) is 5.60 Å². The second kappa shape index (κ2) is 11.4. The third-order valence-corrected chi connectivity index (χ3v) is 8.41. The zero-order valence-corrected chi connectivity index (χ0v) is 24.7. The van der Waals surface area contributed by atoms with Crippen LogP contribution in [0.5, 0.6) is 17.2 Å². The van der Waals surface area contributed by atoms with Gasteiger partial charge in [0.2, 0.25) is 0 Å². The van der Waals surface area contributed by atoms with Gasteiger partial charge >= 0.3 is 0 Å².